The van der Waals surface area contributed by atoms with Crippen molar-refractivity contribution >= 4 is 6.47 Å². The van der Waals surface area contributed by atoms with Crippen molar-refractivity contribution in [3.63, 3.8) is 0 Å². The van der Waals surface area contributed by atoms with E-state index in [0.717, 1.165) is 17.1 Å². The summed E-state index contributed by atoms with van der Waals surface area (Å²) < 4.78 is 18.6. The van der Waals surface area contributed by atoms with Gasteiger partial charge in [-0.2, -0.15) is 0 Å². The van der Waals surface area contributed by atoms with Crippen LogP contribution in [0.3, 0.4) is 0 Å². The zero-order chi connectivity index (χ0) is 17.9. The summed E-state index contributed by atoms with van der Waals surface area (Å²) in [7, 11) is 1.44. The van der Waals surface area contributed by atoms with Crippen LogP contribution in [0.4, 0.5) is 4.39 Å². The molecule has 0 fully saturated rings. The second-order valence-electron chi connectivity index (χ2n) is 5.00. The first kappa shape index (κ1) is 19.6. The summed E-state index contributed by atoms with van der Waals surface area (Å²) in [4.78, 5) is 17.7. The van der Waals surface area contributed by atoms with Gasteiger partial charge in [0.2, 0.25) is 0 Å². The number of imidazole rings is 1. The number of H-pyrrole nitrogens is 1. The molecule has 0 aliphatic carbocycles. The Hall–Kier alpha value is -2.45. The number of aryl methyl sites for hydroxylation is 1. The third-order valence-corrected chi connectivity index (χ3v) is 3.19. The number of aromatic amines is 1. The first-order valence-electron chi connectivity index (χ1n) is 7.28. The largest absolute Gasteiger partial charge is 0.494 e. The number of hydrogen-bond acceptors (Lipinski definition) is 5. The van der Waals surface area contributed by atoms with Crippen molar-refractivity contribution in [3.05, 3.63) is 47.3 Å². The summed E-state index contributed by atoms with van der Waals surface area (Å²) in [5, 5.41) is 16.1. The van der Waals surface area contributed by atoms with Crippen LogP contribution in [-0.2, 0) is 17.9 Å². The lowest BCUT2D eigenvalue weighted by Crippen LogP contribution is -2.26. The average molecular weight is 339 g/mol. The second-order valence-corrected chi connectivity index (χ2v) is 5.00. The van der Waals surface area contributed by atoms with Gasteiger partial charge in [-0.05, 0) is 24.6 Å². The summed E-state index contributed by atoms with van der Waals surface area (Å²) in [6.07, 6.45) is 1.77. The molecular formula is C16H22FN3O4. The van der Waals surface area contributed by atoms with Gasteiger partial charge in [-0.25, -0.2) is 9.37 Å². The number of methoxy groups -OCH3 is 1. The number of nitrogens with zero attached hydrogens (tertiary/aromatic N) is 2. The second kappa shape index (κ2) is 10.3. The van der Waals surface area contributed by atoms with Gasteiger partial charge in [0.05, 0.1) is 13.7 Å². The van der Waals surface area contributed by atoms with Crippen molar-refractivity contribution in [3.8, 4) is 5.75 Å². The van der Waals surface area contributed by atoms with E-state index in [-0.39, 0.29) is 24.6 Å². The zero-order valence-electron chi connectivity index (χ0n) is 13.7. The monoisotopic (exact) mass is 339 g/mol. The Balaban J connectivity index is 0.000000891. The number of rotatable bonds is 7. The van der Waals surface area contributed by atoms with Gasteiger partial charge in [-0.3, -0.25) is 9.69 Å². The Bertz CT molecular complexity index is 634. The maximum Gasteiger partial charge on any atom is 0.290 e. The molecule has 0 aliphatic rings. The van der Waals surface area contributed by atoms with Gasteiger partial charge in [0.1, 0.15) is 5.82 Å². The average Bonchev–Trinajstić information content (AvgIpc) is 2.93. The summed E-state index contributed by atoms with van der Waals surface area (Å²) in [6.45, 7) is 3.35. The number of aromatic nitrogens is 2. The number of aliphatic hydroxyl groups excluding tert-OH is 1. The fourth-order valence-electron chi connectivity index (χ4n) is 2.21. The molecule has 0 aliphatic heterocycles. The molecule has 8 heteroatoms. The Morgan fingerprint density at radius 1 is 1.42 bits per heavy atom. The quantitative estimate of drug-likeness (QED) is 0.662. The molecule has 2 rings (SSSR count). The van der Waals surface area contributed by atoms with Gasteiger partial charge in [0.15, 0.2) is 11.6 Å². The minimum Gasteiger partial charge on any atom is -0.494 e. The van der Waals surface area contributed by atoms with Crippen LogP contribution in [0.25, 0.3) is 0 Å². The SMILES string of the molecule is COc1ccc(CN(CCO)Cc2cnc(C)[nH]2)cc1F.O=CO. The fraction of sp³-hybridized carbons (Fsp3) is 0.375. The highest BCUT2D eigenvalue weighted by Crippen LogP contribution is 2.19. The fourth-order valence-corrected chi connectivity index (χ4v) is 2.21. The maximum absolute atomic E-state index is 13.7. The molecule has 1 aromatic carbocycles. The Kier molecular flexibility index (Phi) is 8.45. The number of carboxylic acid groups (broad SMARTS) is 1. The van der Waals surface area contributed by atoms with Crippen LogP contribution in [0.5, 0.6) is 5.75 Å². The van der Waals surface area contributed by atoms with E-state index in [2.05, 4.69) is 9.97 Å². The number of halogens is 1. The smallest absolute Gasteiger partial charge is 0.290 e. The minimum absolute atomic E-state index is 0.0474. The van der Waals surface area contributed by atoms with Crippen molar-refractivity contribution in [2.45, 2.75) is 20.0 Å². The van der Waals surface area contributed by atoms with Crippen molar-refractivity contribution in [1.82, 2.24) is 14.9 Å². The third kappa shape index (κ3) is 6.35. The molecule has 0 saturated carbocycles. The van der Waals surface area contributed by atoms with Crippen LogP contribution >= 0.6 is 0 Å². The topological polar surface area (TPSA) is 98.7 Å². The number of carbonyl (C=O) groups is 1. The van der Waals surface area contributed by atoms with Crippen molar-refractivity contribution in [2.24, 2.45) is 0 Å². The van der Waals surface area contributed by atoms with E-state index in [9.17, 15) is 9.50 Å². The Morgan fingerprint density at radius 2 is 2.12 bits per heavy atom. The number of aliphatic hydroxyl groups is 1. The highest BCUT2D eigenvalue weighted by Gasteiger charge is 2.10. The summed E-state index contributed by atoms with van der Waals surface area (Å²) in [5.74, 6) is 0.706. The summed E-state index contributed by atoms with van der Waals surface area (Å²) in [5.41, 5.74) is 1.80. The number of benzene rings is 1. The highest BCUT2D eigenvalue weighted by atomic mass is 19.1. The van der Waals surface area contributed by atoms with Crippen LogP contribution in [0.2, 0.25) is 0 Å². The van der Waals surface area contributed by atoms with Crippen LogP contribution in [0, 0.1) is 12.7 Å². The molecule has 3 N–H and O–H groups in total. The molecule has 7 nitrogen and oxygen atoms in total. The van der Waals surface area contributed by atoms with Gasteiger partial charge in [0, 0.05) is 31.5 Å². The number of nitrogens with one attached hydrogen (secondary N) is 1. The predicted molar refractivity (Wildman–Crippen MR) is 86.2 cm³/mol. The van der Waals surface area contributed by atoms with Crippen LogP contribution < -0.4 is 4.74 Å². The first-order chi connectivity index (χ1) is 11.5. The molecule has 1 heterocycles. The Morgan fingerprint density at radius 3 is 2.62 bits per heavy atom. The van der Waals surface area contributed by atoms with Gasteiger partial charge >= 0.3 is 0 Å². The van der Waals surface area contributed by atoms with E-state index in [4.69, 9.17) is 14.6 Å². The first-order valence-corrected chi connectivity index (χ1v) is 7.28. The lowest BCUT2D eigenvalue weighted by molar-refractivity contribution is -0.122. The minimum atomic E-state index is -0.378. The van der Waals surface area contributed by atoms with E-state index in [0.29, 0.717) is 19.6 Å². The highest BCUT2D eigenvalue weighted by molar-refractivity contribution is 5.32. The number of hydrogen-bond donors (Lipinski definition) is 3. The molecule has 1 aromatic heterocycles. The van der Waals surface area contributed by atoms with Gasteiger partial charge in [-0.1, -0.05) is 6.07 Å². The molecule has 0 bridgehead atoms. The molecule has 24 heavy (non-hydrogen) atoms. The molecule has 132 valence electrons. The van der Waals surface area contributed by atoms with E-state index in [1.54, 1.807) is 12.3 Å². The summed E-state index contributed by atoms with van der Waals surface area (Å²) in [6, 6.07) is 4.90. The summed E-state index contributed by atoms with van der Waals surface area (Å²) >= 11 is 0. The van der Waals surface area contributed by atoms with Gasteiger partial charge in [0.25, 0.3) is 6.47 Å². The van der Waals surface area contributed by atoms with E-state index < -0.39 is 0 Å². The molecule has 2 aromatic rings. The van der Waals surface area contributed by atoms with Crippen LogP contribution in [0.1, 0.15) is 17.1 Å². The molecule has 0 unspecified atom stereocenters. The molecule has 0 amide bonds. The van der Waals surface area contributed by atoms with Crippen LogP contribution in [-0.4, -0.2) is 51.8 Å². The van der Waals surface area contributed by atoms with E-state index in [1.165, 1.54) is 13.2 Å². The van der Waals surface area contributed by atoms with E-state index in [1.807, 2.05) is 17.9 Å². The van der Waals surface area contributed by atoms with Gasteiger partial charge in [-0.15, -0.1) is 0 Å². The van der Waals surface area contributed by atoms with Crippen molar-refractivity contribution in [2.75, 3.05) is 20.3 Å². The molecule has 0 radical (unpaired) electrons. The predicted octanol–water partition coefficient (Wildman–Crippen LogP) is 1.56. The number of ether oxygens (including phenoxy) is 1. The molecular weight excluding hydrogens is 317 g/mol. The lowest BCUT2D eigenvalue weighted by Gasteiger charge is -2.20. The van der Waals surface area contributed by atoms with Crippen LogP contribution in [0.15, 0.2) is 24.4 Å². The van der Waals surface area contributed by atoms with Gasteiger partial charge < -0.3 is 19.9 Å². The Labute approximate surface area is 139 Å². The molecule has 0 atom stereocenters. The van der Waals surface area contributed by atoms with Crippen molar-refractivity contribution < 1.29 is 24.1 Å². The zero-order valence-corrected chi connectivity index (χ0v) is 13.7. The van der Waals surface area contributed by atoms with Crippen molar-refractivity contribution in [1.29, 1.82) is 0 Å². The standard InChI is InChI=1S/C15H20FN3O2.CH2O2/c1-11-17-8-13(18-11)10-19(5-6-20)9-12-3-4-15(21-2)14(16)7-12;2-1-3/h3-4,7-8,20H,5-6,9-10H2,1-2H3,(H,17,18);1H,(H,2,3). The van der Waals surface area contributed by atoms with E-state index >= 15 is 0 Å². The lowest BCUT2D eigenvalue weighted by atomic mass is 10.2. The molecule has 0 spiro atoms. The molecule has 0 saturated heterocycles. The maximum atomic E-state index is 13.7. The normalized spacial score (nSPS) is 10.2. The third-order valence-electron chi connectivity index (χ3n) is 3.19.